The van der Waals surface area contributed by atoms with Crippen LogP contribution in [-0.2, 0) is 15.0 Å². The molecule has 0 aromatic heterocycles. The topological polar surface area (TPSA) is 58.6 Å². The molecule has 1 aliphatic rings. The average molecular weight is 360 g/mol. The molecule has 1 N–H and O–H groups in total. The molecule has 0 bridgehead atoms. The molecule has 5 heteroatoms. The Morgan fingerprint density at radius 1 is 1.46 bits per heavy atom. The van der Waals surface area contributed by atoms with Crippen molar-refractivity contribution in [2.45, 2.75) is 57.9 Å². The van der Waals surface area contributed by atoms with E-state index in [4.69, 9.17) is 4.74 Å². The first-order valence-electron chi connectivity index (χ1n) is 9.48. The van der Waals surface area contributed by atoms with Crippen molar-refractivity contribution in [3.63, 3.8) is 0 Å². The molecule has 2 amide bonds. The summed E-state index contributed by atoms with van der Waals surface area (Å²) in [6.45, 7) is 7.46. The lowest BCUT2D eigenvalue weighted by Crippen LogP contribution is -2.55. The molecule has 1 aromatic carbocycles. The highest BCUT2D eigenvalue weighted by Gasteiger charge is 2.48. The predicted octanol–water partition coefficient (Wildman–Crippen LogP) is 3.04. The molecule has 2 rings (SSSR count). The van der Waals surface area contributed by atoms with Gasteiger partial charge in [0.15, 0.2) is 0 Å². The Balaban J connectivity index is 2.61. The Morgan fingerprint density at radius 3 is 2.81 bits per heavy atom. The van der Waals surface area contributed by atoms with Gasteiger partial charge in [-0.15, -0.1) is 0 Å². The highest BCUT2D eigenvalue weighted by Crippen LogP contribution is 2.48. The molecule has 1 fully saturated rings. The number of carbonyl (C=O) groups excluding carboxylic acids is 2. The molecule has 2 unspecified atom stereocenters. The Kier molecular flexibility index (Phi) is 6.81. The molecule has 1 aromatic rings. The van der Waals surface area contributed by atoms with E-state index in [0.717, 1.165) is 31.6 Å². The van der Waals surface area contributed by atoms with Crippen molar-refractivity contribution in [3.8, 4) is 5.75 Å². The molecule has 1 aliphatic heterocycles. The molecule has 0 aliphatic carbocycles. The zero-order valence-electron chi connectivity index (χ0n) is 16.7. The molecule has 1 saturated heterocycles. The quantitative estimate of drug-likeness (QED) is 0.759. The number of likely N-dealkylation sites (tertiary alicyclic amines) is 1. The normalized spacial score (nSPS) is 26.3. The van der Waals surface area contributed by atoms with Crippen molar-refractivity contribution in [3.05, 3.63) is 29.3 Å². The maximum Gasteiger partial charge on any atom is 0.227 e. The summed E-state index contributed by atoms with van der Waals surface area (Å²) in [6, 6.07) is 6.48. The van der Waals surface area contributed by atoms with E-state index in [-0.39, 0.29) is 11.3 Å². The number of hydrogen-bond donors (Lipinski definition) is 1. The zero-order chi connectivity index (χ0) is 19.3. The van der Waals surface area contributed by atoms with Crippen LogP contribution in [0, 0.1) is 12.8 Å². The molecule has 5 nitrogen and oxygen atoms in total. The first kappa shape index (κ1) is 20.4. The van der Waals surface area contributed by atoms with Gasteiger partial charge in [-0.25, -0.2) is 0 Å². The molecule has 1 heterocycles. The van der Waals surface area contributed by atoms with E-state index in [1.54, 1.807) is 7.11 Å². The molecule has 3 atom stereocenters. The third-order valence-corrected chi connectivity index (χ3v) is 6.17. The number of benzene rings is 1. The van der Waals surface area contributed by atoms with Gasteiger partial charge in [0.2, 0.25) is 12.3 Å². The minimum atomic E-state index is -0.298. The Bertz CT molecular complexity index is 646. The van der Waals surface area contributed by atoms with E-state index in [1.165, 1.54) is 11.1 Å². The van der Waals surface area contributed by atoms with E-state index in [0.29, 0.717) is 24.8 Å². The van der Waals surface area contributed by atoms with Gasteiger partial charge in [0.25, 0.3) is 0 Å². The summed E-state index contributed by atoms with van der Waals surface area (Å²) >= 11 is 0. The van der Waals surface area contributed by atoms with E-state index < -0.39 is 0 Å². The lowest BCUT2D eigenvalue weighted by molar-refractivity contribution is -0.127. The van der Waals surface area contributed by atoms with Gasteiger partial charge in [0.1, 0.15) is 5.75 Å². The summed E-state index contributed by atoms with van der Waals surface area (Å²) in [7, 11) is 3.82. The number of aryl methyl sites for hydroxylation is 1. The van der Waals surface area contributed by atoms with Crippen LogP contribution in [0.25, 0.3) is 0 Å². The second kappa shape index (κ2) is 8.67. The number of amides is 2. The second-order valence-electron chi connectivity index (χ2n) is 7.57. The summed E-state index contributed by atoms with van der Waals surface area (Å²) in [5, 5.41) is 2.36. The molecule has 0 spiro atoms. The maximum atomic E-state index is 12.5. The van der Waals surface area contributed by atoms with Crippen LogP contribution in [0.3, 0.4) is 0 Å². The Labute approximate surface area is 157 Å². The van der Waals surface area contributed by atoms with Crippen LogP contribution in [0.2, 0.25) is 0 Å². The van der Waals surface area contributed by atoms with Crippen LogP contribution in [0.4, 0.5) is 0 Å². The number of rotatable bonds is 7. The number of imide groups is 1. The number of ether oxygens (including phenoxy) is 1. The van der Waals surface area contributed by atoms with E-state index in [1.807, 2.05) is 6.07 Å². The van der Waals surface area contributed by atoms with Crippen molar-refractivity contribution in [1.82, 2.24) is 10.2 Å². The lowest BCUT2D eigenvalue weighted by Gasteiger charge is -2.52. The van der Waals surface area contributed by atoms with Gasteiger partial charge in [-0.1, -0.05) is 19.4 Å². The molecule has 26 heavy (non-hydrogen) atoms. The van der Waals surface area contributed by atoms with Crippen molar-refractivity contribution in [2.75, 3.05) is 20.7 Å². The Hall–Kier alpha value is -1.88. The highest BCUT2D eigenvalue weighted by molar-refractivity contribution is 5.87. The largest absolute Gasteiger partial charge is 0.497 e. The number of methoxy groups -OCH3 is 1. The SMILES string of the molecule is CCCC1C(C)N(C)CC[C@]1(CC(=O)NC=O)c1cc(OC)ccc1C. The molecular formula is C21H32N2O3. The summed E-state index contributed by atoms with van der Waals surface area (Å²) in [5.74, 6) is 0.928. The third kappa shape index (κ3) is 3.93. The van der Waals surface area contributed by atoms with Gasteiger partial charge in [-0.2, -0.15) is 0 Å². The lowest BCUT2D eigenvalue weighted by atomic mass is 9.59. The number of nitrogens with one attached hydrogen (secondary N) is 1. The maximum absolute atomic E-state index is 12.5. The fourth-order valence-electron chi connectivity index (χ4n) is 4.68. The zero-order valence-corrected chi connectivity index (χ0v) is 16.7. The van der Waals surface area contributed by atoms with Crippen LogP contribution < -0.4 is 10.1 Å². The van der Waals surface area contributed by atoms with Crippen molar-refractivity contribution >= 4 is 12.3 Å². The van der Waals surface area contributed by atoms with E-state index >= 15 is 0 Å². The molecule has 0 saturated carbocycles. The van der Waals surface area contributed by atoms with E-state index in [2.05, 4.69) is 50.2 Å². The summed E-state index contributed by atoms with van der Waals surface area (Å²) in [6.07, 6.45) is 3.79. The third-order valence-electron chi connectivity index (χ3n) is 6.17. The fourth-order valence-corrected chi connectivity index (χ4v) is 4.68. The minimum Gasteiger partial charge on any atom is -0.497 e. The number of piperidine rings is 1. The summed E-state index contributed by atoms with van der Waals surface area (Å²) < 4.78 is 5.47. The average Bonchev–Trinajstić information content (AvgIpc) is 2.62. The van der Waals surface area contributed by atoms with Crippen LogP contribution in [0.5, 0.6) is 5.75 Å². The van der Waals surface area contributed by atoms with Gasteiger partial charge < -0.3 is 9.64 Å². The van der Waals surface area contributed by atoms with Crippen molar-refractivity contribution in [2.24, 2.45) is 5.92 Å². The van der Waals surface area contributed by atoms with Crippen LogP contribution in [0.1, 0.15) is 50.7 Å². The van der Waals surface area contributed by atoms with Crippen LogP contribution in [0.15, 0.2) is 18.2 Å². The summed E-state index contributed by atoms with van der Waals surface area (Å²) in [5.41, 5.74) is 2.05. The van der Waals surface area contributed by atoms with Gasteiger partial charge in [0, 0.05) is 17.9 Å². The summed E-state index contributed by atoms with van der Waals surface area (Å²) in [4.78, 5) is 25.7. The molecule has 144 valence electrons. The first-order chi connectivity index (χ1) is 12.4. The fraction of sp³-hybridized carbons (Fsp3) is 0.619. The van der Waals surface area contributed by atoms with Crippen LogP contribution in [-0.4, -0.2) is 44.0 Å². The molecular weight excluding hydrogens is 328 g/mol. The van der Waals surface area contributed by atoms with Crippen LogP contribution >= 0.6 is 0 Å². The standard InChI is InChI=1S/C21H32N2O3/c1-6-7-18-16(3)23(4)11-10-21(18,13-20(25)22-14-24)19-12-17(26-5)9-8-15(19)2/h8-9,12,14,16,18H,6-7,10-11,13H2,1-5H3,(H,22,24,25)/t16?,18?,21-/m1/s1. The second-order valence-corrected chi connectivity index (χ2v) is 7.57. The Morgan fingerprint density at radius 2 is 2.19 bits per heavy atom. The van der Waals surface area contributed by atoms with Gasteiger partial charge in [0.05, 0.1) is 7.11 Å². The van der Waals surface area contributed by atoms with Crippen molar-refractivity contribution < 1.29 is 14.3 Å². The van der Waals surface area contributed by atoms with E-state index in [9.17, 15) is 9.59 Å². The van der Waals surface area contributed by atoms with Gasteiger partial charge >= 0.3 is 0 Å². The smallest absolute Gasteiger partial charge is 0.227 e. The van der Waals surface area contributed by atoms with Crippen molar-refractivity contribution in [1.29, 1.82) is 0 Å². The predicted molar refractivity (Wildman–Crippen MR) is 103 cm³/mol. The van der Waals surface area contributed by atoms with Gasteiger partial charge in [-0.3, -0.25) is 14.9 Å². The monoisotopic (exact) mass is 360 g/mol. The van der Waals surface area contributed by atoms with Gasteiger partial charge in [-0.05, 0) is 69.5 Å². The highest BCUT2D eigenvalue weighted by atomic mass is 16.5. The number of carbonyl (C=O) groups is 2. The minimum absolute atomic E-state index is 0.208. The molecule has 0 radical (unpaired) electrons. The number of hydrogen-bond acceptors (Lipinski definition) is 4. The number of nitrogens with zero attached hydrogens (tertiary/aromatic N) is 1. The first-order valence-corrected chi connectivity index (χ1v) is 9.48.